The number of carbonyl (C=O) groups excluding carboxylic acids is 2. The monoisotopic (exact) mass is 544 g/mol. The highest BCUT2D eigenvalue weighted by Gasteiger charge is 2.26. The van der Waals surface area contributed by atoms with E-state index >= 15 is 0 Å². The number of carbonyl (C=O) groups is 2. The van der Waals surface area contributed by atoms with Crippen molar-refractivity contribution in [2.45, 2.75) is 51.6 Å². The smallest absolute Gasteiger partial charge is 0.242 e. The molecule has 0 bridgehead atoms. The molecule has 2 atom stereocenters. The lowest BCUT2D eigenvalue weighted by Gasteiger charge is -2.29. The van der Waals surface area contributed by atoms with E-state index in [0.29, 0.717) is 15.8 Å². The van der Waals surface area contributed by atoms with Crippen LogP contribution in [0.2, 0.25) is 10.0 Å². The van der Waals surface area contributed by atoms with Crippen LogP contribution in [0, 0.1) is 0 Å². The molecule has 0 aliphatic heterocycles. The van der Waals surface area contributed by atoms with Gasteiger partial charge >= 0.3 is 0 Å². The summed E-state index contributed by atoms with van der Waals surface area (Å²) in [4.78, 5) is 27.4. The quantitative estimate of drug-likeness (QED) is 0.380. The maximum atomic E-state index is 13.1. The minimum Gasteiger partial charge on any atom is -0.352 e. The average molecular weight is 546 g/mol. The minimum atomic E-state index is -0.607. The SMILES string of the molecule is CC[C@H](C)NC(=O)[C@H](C)N(Cc1ccc(Cl)c(Cl)c1)C(=O)CSCc1ccc(Br)cc1. The summed E-state index contributed by atoms with van der Waals surface area (Å²) in [5.41, 5.74) is 1.96. The maximum Gasteiger partial charge on any atom is 0.242 e. The average Bonchev–Trinajstić information content (AvgIpc) is 2.75. The molecule has 0 saturated heterocycles. The lowest BCUT2D eigenvalue weighted by molar-refractivity contribution is -0.138. The molecule has 0 aliphatic rings. The molecule has 0 heterocycles. The zero-order valence-electron chi connectivity index (χ0n) is 17.8. The topological polar surface area (TPSA) is 49.4 Å². The van der Waals surface area contributed by atoms with Crippen LogP contribution in [0.1, 0.15) is 38.3 Å². The summed E-state index contributed by atoms with van der Waals surface area (Å²) >= 11 is 17.1. The Hall–Kier alpha value is -1.21. The molecule has 0 spiro atoms. The van der Waals surface area contributed by atoms with Crippen LogP contribution in [0.25, 0.3) is 0 Å². The van der Waals surface area contributed by atoms with Gasteiger partial charge in [-0.2, -0.15) is 0 Å². The third kappa shape index (κ3) is 8.33. The number of amides is 2. The van der Waals surface area contributed by atoms with Crippen LogP contribution in [-0.2, 0) is 21.9 Å². The number of nitrogens with zero attached hydrogens (tertiary/aromatic N) is 1. The molecular weight excluding hydrogens is 519 g/mol. The number of hydrogen-bond donors (Lipinski definition) is 1. The van der Waals surface area contributed by atoms with Crippen LogP contribution in [0.4, 0.5) is 0 Å². The highest BCUT2D eigenvalue weighted by molar-refractivity contribution is 9.10. The normalized spacial score (nSPS) is 12.8. The Labute approximate surface area is 207 Å². The van der Waals surface area contributed by atoms with Crippen molar-refractivity contribution < 1.29 is 9.59 Å². The molecule has 2 rings (SSSR count). The van der Waals surface area contributed by atoms with Crippen molar-refractivity contribution in [2.75, 3.05) is 5.75 Å². The second-order valence-corrected chi connectivity index (χ2v) is 10.1. The highest BCUT2D eigenvalue weighted by atomic mass is 79.9. The number of benzene rings is 2. The first-order valence-electron chi connectivity index (χ1n) is 10.1. The molecule has 0 saturated carbocycles. The van der Waals surface area contributed by atoms with Gasteiger partial charge in [-0.3, -0.25) is 9.59 Å². The molecular formula is C23H27BrCl2N2O2S. The van der Waals surface area contributed by atoms with E-state index in [4.69, 9.17) is 23.2 Å². The predicted molar refractivity (Wildman–Crippen MR) is 135 cm³/mol. The van der Waals surface area contributed by atoms with Crippen molar-refractivity contribution >= 4 is 62.7 Å². The van der Waals surface area contributed by atoms with Gasteiger partial charge in [-0.05, 0) is 55.7 Å². The fourth-order valence-corrected chi connectivity index (χ4v) is 4.26. The molecule has 168 valence electrons. The second-order valence-electron chi connectivity index (χ2n) is 7.38. The Kier molecular flexibility index (Phi) is 10.7. The van der Waals surface area contributed by atoms with Crippen molar-refractivity contribution in [1.82, 2.24) is 10.2 Å². The molecule has 2 amide bonds. The van der Waals surface area contributed by atoms with Crippen molar-refractivity contribution in [3.05, 3.63) is 68.1 Å². The molecule has 0 unspecified atom stereocenters. The second kappa shape index (κ2) is 12.7. The molecule has 0 aromatic heterocycles. The summed E-state index contributed by atoms with van der Waals surface area (Å²) in [6.45, 7) is 5.99. The molecule has 0 radical (unpaired) electrons. The molecule has 0 fully saturated rings. The van der Waals surface area contributed by atoms with Crippen molar-refractivity contribution in [3.63, 3.8) is 0 Å². The molecule has 2 aromatic rings. The van der Waals surface area contributed by atoms with E-state index in [-0.39, 0.29) is 30.2 Å². The van der Waals surface area contributed by atoms with E-state index in [9.17, 15) is 9.59 Å². The Morgan fingerprint density at radius 3 is 2.32 bits per heavy atom. The highest BCUT2D eigenvalue weighted by Crippen LogP contribution is 2.24. The molecule has 31 heavy (non-hydrogen) atoms. The first-order chi connectivity index (χ1) is 14.7. The summed E-state index contributed by atoms with van der Waals surface area (Å²) in [5, 5.41) is 3.85. The first-order valence-corrected chi connectivity index (χ1v) is 12.8. The van der Waals surface area contributed by atoms with Crippen LogP contribution in [0.3, 0.4) is 0 Å². The van der Waals surface area contributed by atoms with Gasteiger partial charge in [0.2, 0.25) is 11.8 Å². The zero-order valence-corrected chi connectivity index (χ0v) is 21.7. The molecule has 1 N–H and O–H groups in total. The minimum absolute atomic E-state index is 0.0451. The van der Waals surface area contributed by atoms with E-state index in [1.165, 1.54) is 11.8 Å². The van der Waals surface area contributed by atoms with Crippen molar-refractivity contribution in [3.8, 4) is 0 Å². The van der Waals surface area contributed by atoms with Gasteiger partial charge in [0.25, 0.3) is 0 Å². The van der Waals surface area contributed by atoms with Crippen molar-refractivity contribution in [2.24, 2.45) is 0 Å². The lowest BCUT2D eigenvalue weighted by Crippen LogP contribution is -2.50. The Morgan fingerprint density at radius 2 is 1.71 bits per heavy atom. The summed E-state index contributed by atoms with van der Waals surface area (Å²) < 4.78 is 1.02. The fraction of sp³-hybridized carbons (Fsp3) is 0.391. The summed E-state index contributed by atoms with van der Waals surface area (Å²) in [5.74, 6) is 0.728. The van der Waals surface area contributed by atoms with Gasteiger partial charge in [-0.25, -0.2) is 0 Å². The predicted octanol–water partition coefficient (Wildman–Crippen LogP) is 6.32. The molecule has 4 nitrogen and oxygen atoms in total. The largest absolute Gasteiger partial charge is 0.352 e. The Balaban J connectivity index is 2.10. The lowest BCUT2D eigenvalue weighted by atomic mass is 10.1. The number of nitrogens with one attached hydrogen (secondary N) is 1. The fourth-order valence-electron chi connectivity index (χ4n) is 2.80. The van der Waals surface area contributed by atoms with Gasteiger partial charge in [0.05, 0.1) is 15.8 Å². The van der Waals surface area contributed by atoms with Gasteiger partial charge in [-0.1, -0.05) is 64.3 Å². The number of rotatable bonds is 10. The van der Waals surface area contributed by atoms with E-state index in [1.807, 2.05) is 44.2 Å². The molecule has 0 aliphatic carbocycles. The van der Waals surface area contributed by atoms with E-state index in [1.54, 1.807) is 24.0 Å². The van der Waals surface area contributed by atoms with E-state index in [0.717, 1.165) is 22.0 Å². The third-order valence-electron chi connectivity index (χ3n) is 4.91. The number of hydrogen-bond acceptors (Lipinski definition) is 3. The molecule has 8 heteroatoms. The van der Waals surface area contributed by atoms with Crippen LogP contribution in [-0.4, -0.2) is 34.6 Å². The van der Waals surface area contributed by atoms with Crippen LogP contribution in [0.15, 0.2) is 46.9 Å². The van der Waals surface area contributed by atoms with Crippen LogP contribution < -0.4 is 5.32 Å². The van der Waals surface area contributed by atoms with Gasteiger partial charge in [0.1, 0.15) is 6.04 Å². The Morgan fingerprint density at radius 1 is 1.06 bits per heavy atom. The van der Waals surface area contributed by atoms with Crippen molar-refractivity contribution in [1.29, 1.82) is 0 Å². The number of halogens is 3. The third-order valence-corrected chi connectivity index (χ3v) is 7.17. The molecule has 2 aromatic carbocycles. The van der Waals surface area contributed by atoms with E-state index in [2.05, 4.69) is 21.2 Å². The van der Waals surface area contributed by atoms with Gasteiger partial charge in [0, 0.05) is 22.8 Å². The van der Waals surface area contributed by atoms with E-state index < -0.39 is 6.04 Å². The zero-order chi connectivity index (χ0) is 23.0. The summed E-state index contributed by atoms with van der Waals surface area (Å²) in [6.07, 6.45) is 0.822. The van der Waals surface area contributed by atoms with Gasteiger partial charge in [0.15, 0.2) is 0 Å². The standard InChI is InChI=1S/C23H27BrCl2N2O2S/c1-4-15(2)27-23(30)16(3)28(12-18-7-10-20(25)21(26)11-18)22(29)14-31-13-17-5-8-19(24)9-6-17/h5-11,15-16H,4,12-14H2,1-3H3,(H,27,30)/t15-,16-/m0/s1. The summed E-state index contributed by atoms with van der Waals surface area (Å²) in [7, 11) is 0. The maximum absolute atomic E-state index is 13.1. The van der Waals surface area contributed by atoms with Crippen LogP contribution >= 0.6 is 50.9 Å². The number of thioether (sulfide) groups is 1. The van der Waals surface area contributed by atoms with Gasteiger partial charge < -0.3 is 10.2 Å². The van der Waals surface area contributed by atoms with Crippen LogP contribution in [0.5, 0.6) is 0 Å². The first kappa shape index (κ1) is 26.0. The van der Waals surface area contributed by atoms with Gasteiger partial charge in [-0.15, -0.1) is 11.8 Å². The Bertz CT molecular complexity index is 896. The summed E-state index contributed by atoms with van der Waals surface area (Å²) in [6, 6.07) is 12.7.